The highest BCUT2D eigenvalue weighted by Crippen LogP contribution is 2.28. The fraction of sp³-hybridized carbons (Fsp3) is 0.875. The minimum absolute atomic E-state index is 0. The minimum atomic E-state index is 0. The normalized spacial score (nSPS) is 27.3. The highest BCUT2D eigenvalue weighted by molar-refractivity contribution is 14.0. The Kier molecular flexibility index (Phi) is 8.60. The Bertz CT molecular complexity index is 415. The lowest BCUT2D eigenvalue weighted by molar-refractivity contribution is -0.127. The minimum Gasteiger partial charge on any atom is -0.355 e. The van der Waals surface area contributed by atoms with E-state index in [0.717, 1.165) is 19.0 Å². The van der Waals surface area contributed by atoms with E-state index in [1.54, 1.807) is 19.0 Å². The number of likely N-dealkylation sites (tertiary alicyclic amines) is 1. The summed E-state index contributed by atoms with van der Waals surface area (Å²) < 4.78 is 0. The van der Waals surface area contributed by atoms with Gasteiger partial charge in [0, 0.05) is 32.7 Å². The van der Waals surface area contributed by atoms with E-state index < -0.39 is 0 Å². The van der Waals surface area contributed by atoms with E-state index in [4.69, 9.17) is 0 Å². The number of amides is 1. The van der Waals surface area contributed by atoms with E-state index in [2.05, 4.69) is 34.4 Å². The van der Waals surface area contributed by atoms with E-state index in [1.807, 2.05) is 0 Å². The number of rotatable bonds is 6. The van der Waals surface area contributed by atoms with Crippen LogP contribution in [0.4, 0.5) is 0 Å². The third-order valence-corrected chi connectivity index (χ3v) is 4.71. The summed E-state index contributed by atoms with van der Waals surface area (Å²) in [5, 5.41) is 6.88. The van der Waals surface area contributed by atoms with Crippen molar-refractivity contribution in [2.24, 2.45) is 10.9 Å². The topological polar surface area (TPSA) is 60.0 Å². The van der Waals surface area contributed by atoms with Crippen molar-refractivity contribution in [3.63, 3.8) is 0 Å². The molecule has 6 nitrogen and oxygen atoms in total. The molecule has 3 unspecified atom stereocenters. The van der Waals surface area contributed by atoms with Crippen LogP contribution in [0, 0.1) is 5.92 Å². The predicted octanol–water partition coefficient (Wildman–Crippen LogP) is 1.12. The Hall–Kier alpha value is -0.570. The Morgan fingerprint density at radius 1 is 1.39 bits per heavy atom. The number of carbonyl (C=O) groups excluding carboxylic acids is 1. The molecule has 0 radical (unpaired) electrons. The third kappa shape index (κ3) is 6.45. The number of nitrogens with one attached hydrogen (secondary N) is 2. The molecule has 2 N–H and O–H groups in total. The summed E-state index contributed by atoms with van der Waals surface area (Å²) in [6.45, 7) is 7.85. The van der Waals surface area contributed by atoms with E-state index in [0.29, 0.717) is 18.0 Å². The molecule has 2 aliphatic rings. The first kappa shape index (κ1) is 20.5. The molecule has 1 saturated carbocycles. The summed E-state index contributed by atoms with van der Waals surface area (Å²) in [6, 6.07) is 1.09. The monoisotopic (exact) mass is 437 g/mol. The number of likely N-dealkylation sites (N-methyl/N-ethyl adjacent to an activating group) is 2. The van der Waals surface area contributed by atoms with Crippen LogP contribution in [0.3, 0.4) is 0 Å². The average molecular weight is 437 g/mol. The molecule has 1 amide bonds. The molecule has 1 heterocycles. The molecule has 23 heavy (non-hydrogen) atoms. The quantitative estimate of drug-likeness (QED) is 0.372. The maximum Gasteiger partial charge on any atom is 0.243 e. The molecule has 0 bridgehead atoms. The van der Waals surface area contributed by atoms with Crippen molar-refractivity contribution >= 4 is 35.8 Å². The largest absolute Gasteiger partial charge is 0.355 e. The average Bonchev–Trinajstić information content (AvgIpc) is 3.01. The zero-order valence-corrected chi connectivity index (χ0v) is 17.2. The van der Waals surface area contributed by atoms with Crippen LogP contribution >= 0.6 is 24.0 Å². The van der Waals surface area contributed by atoms with Gasteiger partial charge in [0.05, 0.1) is 0 Å². The van der Waals surface area contributed by atoms with Crippen LogP contribution in [0.2, 0.25) is 0 Å². The fourth-order valence-corrected chi connectivity index (χ4v) is 2.90. The number of aliphatic imine (C=N–C) groups is 1. The van der Waals surface area contributed by atoms with Gasteiger partial charge in [0.15, 0.2) is 5.96 Å². The van der Waals surface area contributed by atoms with E-state index in [-0.39, 0.29) is 36.4 Å². The molecule has 2 fully saturated rings. The van der Waals surface area contributed by atoms with Crippen LogP contribution in [0.25, 0.3) is 0 Å². The lowest BCUT2D eigenvalue weighted by atomic mass is 10.2. The van der Waals surface area contributed by atoms with Crippen molar-refractivity contribution in [3.8, 4) is 0 Å². The van der Waals surface area contributed by atoms with Gasteiger partial charge in [0.25, 0.3) is 0 Å². The van der Waals surface area contributed by atoms with Gasteiger partial charge in [-0.3, -0.25) is 9.69 Å². The maximum absolute atomic E-state index is 11.7. The van der Waals surface area contributed by atoms with Crippen molar-refractivity contribution in [2.45, 2.75) is 45.2 Å². The van der Waals surface area contributed by atoms with Crippen LogP contribution in [0.5, 0.6) is 0 Å². The molecular weight excluding hydrogens is 405 g/mol. The Morgan fingerprint density at radius 2 is 2.09 bits per heavy atom. The summed E-state index contributed by atoms with van der Waals surface area (Å²) in [6.07, 6.45) is 3.70. The molecule has 134 valence electrons. The van der Waals surface area contributed by atoms with Crippen LogP contribution in [0.1, 0.15) is 33.1 Å². The number of guanidine groups is 1. The molecule has 1 aliphatic carbocycles. The Morgan fingerprint density at radius 3 is 2.65 bits per heavy atom. The first-order valence-corrected chi connectivity index (χ1v) is 8.50. The Balaban J connectivity index is 0.00000264. The van der Waals surface area contributed by atoms with Gasteiger partial charge in [-0.05, 0) is 38.3 Å². The summed E-state index contributed by atoms with van der Waals surface area (Å²) in [7, 11) is 3.53. The lowest BCUT2D eigenvalue weighted by Crippen LogP contribution is -2.46. The highest BCUT2D eigenvalue weighted by atomic mass is 127. The zero-order chi connectivity index (χ0) is 16.1. The summed E-state index contributed by atoms with van der Waals surface area (Å²) in [5.74, 6) is 1.52. The molecule has 1 aliphatic heterocycles. The van der Waals surface area contributed by atoms with Gasteiger partial charge in [0.1, 0.15) is 6.54 Å². The van der Waals surface area contributed by atoms with Crippen molar-refractivity contribution in [1.29, 1.82) is 0 Å². The second-order valence-corrected chi connectivity index (χ2v) is 6.72. The van der Waals surface area contributed by atoms with Gasteiger partial charge >= 0.3 is 0 Å². The molecule has 0 aromatic rings. The van der Waals surface area contributed by atoms with Crippen molar-refractivity contribution in [2.75, 3.05) is 40.3 Å². The maximum atomic E-state index is 11.7. The number of hydrogen-bond acceptors (Lipinski definition) is 3. The Labute approximate surface area is 157 Å². The van der Waals surface area contributed by atoms with Crippen LogP contribution < -0.4 is 10.6 Å². The van der Waals surface area contributed by atoms with Crippen LogP contribution in [-0.4, -0.2) is 74.0 Å². The lowest BCUT2D eigenvalue weighted by Gasteiger charge is -2.24. The van der Waals surface area contributed by atoms with Gasteiger partial charge in [0.2, 0.25) is 5.91 Å². The predicted molar refractivity (Wildman–Crippen MR) is 105 cm³/mol. The van der Waals surface area contributed by atoms with E-state index >= 15 is 0 Å². The molecule has 0 aromatic carbocycles. The molecule has 2 rings (SSSR count). The summed E-state index contributed by atoms with van der Waals surface area (Å²) in [4.78, 5) is 20.3. The number of hydrogen-bond donors (Lipinski definition) is 2. The molecular formula is C16H32IN5O. The SMILES string of the molecule is CCN1CCCC1CNC(=NCC(=O)N(C)C)NC1CC1C.I. The number of nitrogens with zero attached hydrogens (tertiary/aromatic N) is 3. The highest BCUT2D eigenvalue weighted by Gasteiger charge is 2.33. The van der Waals surface area contributed by atoms with Crippen LogP contribution in [-0.2, 0) is 4.79 Å². The molecule has 0 spiro atoms. The standard InChI is InChI=1S/C16H31N5O.HI/c1-5-21-8-6-7-13(21)10-17-16(19-14-9-12(14)2)18-11-15(22)20(3)4;/h12-14H,5-11H2,1-4H3,(H2,17,18,19);1H. The molecule has 7 heteroatoms. The van der Waals surface area contributed by atoms with Crippen LogP contribution in [0.15, 0.2) is 4.99 Å². The van der Waals surface area contributed by atoms with Crippen molar-refractivity contribution in [3.05, 3.63) is 0 Å². The van der Waals surface area contributed by atoms with Gasteiger partial charge < -0.3 is 15.5 Å². The van der Waals surface area contributed by atoms with Crippen molar-refractivity contribution < 1.29 is 4.79 Å². The van der Waals surface area contributed by atoms with Gasteiger partial charge in [-0.15, -0.1) is 24.0 Å². The van der Waals surface area contributed by atoms with Gasteiger partial charge in [-0.25, -0.2) is 4.99 Å². The fourth-order valence-electron chi connectivity index (χ4n) is 2.90. The second-order valence-electron chi connectivity index (χ2n) is 6.72. The summed E-state index contributed by atoms with van der Waals surface area (Å²) >= 11 is 0. The molecule has 0 aromatic heterocycles. The van der Waals surface area contributed by atoms with E-state index in [1.165, 1.54) is 25.8 Å². The molecule has 1 saturated heterocycles. The number of halogens is 1. The summed E-state index contributed by atoms with van der Waals surface area (Å²) in [5.41, 5.74) is 0. The first-order valence-electron chi connectivity index (χ1n) is 8.50. The first-order chi connectivity index (χ1) is 10.5. The second kappa shape index (κ2) is 9.66. The number of carbonyl (C=O) groups is 1. The zero-order valence-electron chi connectivity index (χ0n) is 14.8. The van der Waals surface area contributed by atoms with E-state index in [9.17, 15) is 4.79 Å². The van der Waals surface area contributed by atoms with Crippen molar-refractivity contribution in [1.82, 2.24) is 20.4 Å². The third-order valence-electron chi connectivity index (χ3n) is 4.71. The molecule has 3 atom stereocenters. The van der Waals surface area contributed by atoms with Gasteiger partial charge in [-0.2, -0.15) is 0 Å². The smallest absolute Gasteiger partial charge is 0.243 e. The van der Waals surface area contributed by atoms with Gasteiger partial charge in [-0.1, -0.05) is 13.8 Å².